The van der Waals surface area contributed by atoms with Gasteiger partial charge in [-0.15, -0.1) is 0 Å². The molecule has 7 nitrogen and oxygen atoms in total. The molecule has 1 aliphatic rings. The number of rotatable bonds is 4. The molecule has 2 heterocycles. The van der Waals surface area contributed by atoms with Crippen LogP contribution in [0.25, 0.3) is 0 Å². The van der Waals surface area contributed by atoms with E-state index in [1.807, 2.05) is 20.8 Å². The number of hydrogen-bond donors (Lipinski definition) is 1. The smallest absolute Gasteiger partial charge is 0.255 e. The molecule has 0 unspecified atom stereocenters. The van der Waals surface area contributed by atoms with Gasteiger partial charge < -0.3 is 5.32 Å². The van der Waals surface area contributed by atoms with E-state index in [0.29, 0.717) is 18.7 Å². The number of aryl methyl sites for hydroxylation is 1. The van der Waals surface area contributed by atoms with Gasteiger partial charge in [0.05, 0.1) is 18.0 Å². The largest absolute Gasteiger partial charge is 0.348 e. The van der Waals surface area contributed by atoms with Gasteiger partial charge in [-0.25, -0.2) is 8.42 Å². The van der Waals surface area contributed by atoms with E-state index < -0.39 is 10.0 Å². The molecular weight excluding hydrogens is 304 g/mol. The van der Waals surface area contributed by atoms with Crippen LogP contribution in [0.15, 0.2) is 6.20 Å². The standard InChI is InChI=1S/C14H24N4O3S/c1-9(2)12-7-18(22(5,20)21)8-13(12)16-14(19)11-6-15-17(4)10(11)3/h6,9,12-13H,7-8H2,1-5H3,(H,16,19)/t12-,13+/m0/s1. The van der Waals surface area contributed by atoms with Crippen LogP contribution in [0.3, 0.4) is 0 Å². The Kier molecular flexibility index (Phi) is 4.62. The SMILES string of the molecule is Cc1c(C(=O)N[C@@H]2CN(S(C)(=O)=O)C[C@H]2C(C)C)cnn1C. The van der Waals surface area contributed by atoms with E-state index in [4.69, 9.17) is 0 Å². The lowest BCUT2D eigenvalue weighted by atomic mass is 9.91. The summed E-state index contributed by atoms with van der Waals surface area (Å²) in [4.78, 5) is 12.4. The summed E-state index contributed by atoms with van der Waals surface area (Å²) in [7, 11) is -1.46. The summed E-state index contributed by atoms with van der Waals surface area (Å²) in [5, 5.41) is 7.05. The fourth-order valence-electron chi connectivity index (χ4n) is 2.86. The molecule has 0 saturated carbocycles. The highest BCUT2D eigenvalue weighted by Crippen LogP contribution is 2.26. The Morgan fingerprint density at radius 3 is 2.50 bits per heavy atom. The molecule has 0 bridgehead atoms. The van der Waals surface area contributed by atoms with Gasteiger partial charge in [-0.3, -0.25) is 9.48 Å². The molecule has 22 heavy (non-hydrogen) atoms. The maximum absolute atomic E-state index is 12.4. The number of nitrogens with one attached hydrogen (secondary N) is 1. The van der Waals surface area contributed by atoms with Crippen LogP contribution in [-0.4, -0.2) is 53.8 Å². The first kappa shape index (κ1) is 17.0. The van der Waals surface area contributed by atoms with Gasteiger partial charge in [0.15, 0.2) is 0 Å². The van der Waals surface area contributed by atoms with Crippen molar-refractivity contribution in [1.29, 1.82) is 0 Å². The molecule has 1 aromatic heterocycles. The molecule has 1 amide bonds. The fourth-order valence-corrected chi connectivity index (χ4v) is 3.73. The minimum Gasteiger partial charge on any atom is -0.348 e. The lowest BCUT2D eigenvalue weighted by molar-refractivity contribution is 0.0925. The van der Waals surface area contributed by atoms with E-state index in [2.05, 4.69) is 10.4 Å². The maximum atomic E-state index is 12.4. The van der Waals surface area contributed by atoms with Crippen LogP contribution in [0.5, 0.6) is 0 Å². The number of sulfonamides is 1. The Bertz CT molecular complexity index is 666. The highest BCUT2D eigenvalue weighted by Gasteiger charge is 2.39. The van der Waals surface area contributed by atoms with Crippen molar-refractivity contribution >= 4 is 15.9 Å². The fraction of sp³-hybridized carbons (Fsp3) is 0.714. The molecule has 0 aromatic carbocycles. The number of carbonyl (C=O) groups excluding carboxylic acids is 1. The number of nitrogens with zero attached hydrogens (tertiary/aromatic N) is 3. The van der Waals surface area contributed by atoms with Crippen LogP contribution < -0.4 is 5.32 Å². The van der Waals surface area contributed by atoms with Crippen molar-refractivity contribution in [3.05, 3.63) is 17.5 Å². The zero-order valence-corrected chi connectivity index (χ0v) is 14.5. The zero-order valence-electron chi connectivity index (χ0n) is 13.7. The van der Waals surface area contributed by atoms with Gasteiger partial charge in [0.2, 0.25) is 10.0 Å². The lowest BCUT2D eigenvalue weighted by Crippen LogP contribution is -2.42. The molecule has 2 atom stereocenters. The van der Waals surface area contributed by atoms with Crippen molar-refractivity contribution in [3.63, 3.8) is 0 Å². The van der Waals surface area contributed by atoms with E-state index in [0.717, 1.165) is 5.69 Å². The number of amides is 1. The average Bonchev–Trinajstić information content (AvgIpc) is 2.94. The third-order valence-electron chi connectivity index (χ3n) is 4.45. The van der Waals surface area contributed by atoms with Crippen LogP contribution in [0.4, 0.5) is 0 Å². The number of carbonyl (C=O) groups is 1. The van der Waals surface area contributed by atoms with E-state index in [-0.39, 0.29) is 23.8 Å². The molecule has 1 saturated heterocycles. The van der Waals surface area contributed by atoms with Gasteiger partial charge in [-0.2, -0.15) is 9.40 Å². The quantitative estimate of drug-likeness (QED) is 0.866. The summed E-state index contributed by atoms with van der Waals surface area (Å²) in [5.74, 6) is 0.194. The molecule has 0 radical (unpaired) electrons. The summed E-state index contributed by atoms with van der Waals surface area (Å²) in [6.07, 6.45) is 2.75. The number of hydrogen-bond acceptors (Lipinski definition) is 4. The van der Waals surface area contributed by atoms with Gasteiger partial charge in [-0.05, 0) is 18.8 Å². The Hall–Kier alpha value is -1.41. The maximum Gasteiger partial charge on any atom is 0.255 e. The minimum atomic E-state index is -3.24. The first-order chi connectivity index (χ1) is 10.1. The second-order valence-electron chi connectivity index (χ2n) is 6.34. The molecule has 2 rings (SSSR count). The second-order valence-corrected chi connectivity index (χ2v) is 8.32. The van der Waals surface area contributed by atoms with Gasteiger partial charge in [0.25, 0.3) is 5.91 Å². The Morgan fingerprint density at radius 1 is 1.41 bits per heavy atom. The van der Waals surface area contributed by atoms with Crippen LogP contribution in [0.2, 0.25) is 0 Å². The summed E-state index contributed by atoms with van der Waals surface area (Å²) in [6, 6.07) is -0.179. The van der Waals surface area contributed by atoms with Gasteiger partial charge >= 0.3 is 0 Å². The third kappa shape index (κ3) is 3.33. The summed E-state index contributed by atoms with van der Waals surface area (Å²) >= 11 is 0. The predicted octanol–water partition coefficient (Wildman–Crippen LogP) is 0.374. The van der Waals surface area contributed by atoms with E-state index in [9.17, 15) is 13.2 Å². The molecule has 124 valence electrons. The van der Waals surface area contributed by atoms with Crippen LogP contribution >= 0.6 is 0 Å². The Balaban J connectivity index is 2.16. The first-order valence-corrected chi connectivity index (χ1v) is 9.20. The Labute approximate surface area is 131 Å². The highest BCUT2D eigenvalue weighted by molar-refractivity contribution is 7.88. The molecular formula is C14H24N4O3S. The average molecular weight is 328 g/mol. The van der Waals surface area contributed by atoms with Crippen molar-refractivity contribution < 1.29 is 13.2 Å². The molecule has 8 heteroatoms. The Morgan fingerprint density at radius 2 is 2.05 bits per heavy atom. The molecule has 1 fully saturated rings. The van der Waals surface area contributed by atoms with Crippen molar-refractivity contribution in [3.8, 4) is 0 Å². The van der Waals surface area contributed by atoms with Crippen LogP contribution in [-0.2, 0) is 17.1 Å². The summed E-state index contributed by atoms with van der Waals surface area (Å²) in [6.45, 7) is 6.70. The third-order valence-corrected chi connectivity index (χ3v) is 5.69. The predicted molar refractivity (Wildman–Crippen MR) is 83.9 cm³/mol. The number of aromatic nitrogens is 2. The van der Waals surface area contributed by atoms with Crippen molar-refractivity contribution in [2.45, 2.75) is 26.8 Å². The molecule has 1 aromatic rings. The van der Waals surface area contributed by atoms with E-state index in [1.165, 1.54) is 10.6 Å². The van der Waals surface area contributed by atoms with E-state index >= 15 is 0 Å². The van der Waals surface area contributed by atoms with Crippen molar-refractivity contribution in [1.82, 2.24) is 19.4 Å². The molecule has 0 aliphatic carbocycles. The van der Waals surface area contributed by atoms with Crippen molar-refractivity contribution in [2.75, 3.05) is 19.3 Å². The molecule has 0 spiro atoms. The highest BCUT2D eigenvalue weighted by atomic mass is 32.2. The van der Waals surface area contributed by atoms with Gasteiger partial charge in [-0.1, -0.05) is 13.8 Å². The zero-order chi connectivity index (χ0) is 16.7. The summed E-state index contributed by atoms with van der Waals surface area (Å²) < 4.78 is 26.6. The first-order valence-electron chi connectivity index (χ1n) is 7.35. The monoisotopic (exact) mass is 328 g/mol. The molecule has 1 aliphatic heterocycles. The van der Waals surface area contributed by atoms with E-state index in [1.54, 1.807) is 17.9 Å². The minimum absolute atomic E-state index is 0.107. The summed E-state index contributed by atoms with van der Waals surface area (Å²) in [5.41, 5.74) is 1.32. The second kappa shape index (κ2) is 6.00. The van der Waals surface area contributed by atoms with Gasteiger partial charge in [0, 0.05) is 31.9 Å². The topological polar surface area (TPSA) is 84.3 Å². The van der Waals surface area contributed by atoms with Crippen LogP contribution in [0, 0.1) is 18.8 Å². The lowest BCUT2D eigenvalue weighted by Gasteiger charge is -2.22. The van der Waals surface area contributed by atoms with Crippen molar-refractivity contribution in [2.24, 2.45) is 18.9 Å². The van der Waals surface area contributed by atoms with Crippen LogP contribution in [0.1, 0.15) is 29.9 Å². The molecule has 1 N–H and O–H groups in total. The van der Waals surface area contributed by atoms with Gasteiger partial charge in [0.1, 0.15) is 0 Å². The normalized spacial score (nSPS) is 23.2.